The Morgan fingerprint density at radius 2 is 2.22 bits per heavy atom. The van der Waals surface area contributed by atoms with Crippen LogP contribution in [0.4, 0.5) is 11.5 Å². The average Bonchev–Trinajstić information content (AvgIpc) is 2.38. The van der Waals surface area contributed by atoms with Gasteiger partial charge in [0.25, 0.3) is 0 Å². The molecule has 5 heteroatoms. The number of anilines is 2. The van der Waals surface area contributed by atoms with Gasteiger partial charge in [-0.1, -0.05) is 6.92 Å². The van der Waals surface area contributed by atoms with Crippen LogP contribution in [0.5, 0.6) is 0 Å². The molecule has 3 N–H and O–H groups in total. The fourth-order valence-corrected chi connectivity index (χ4v) is 2.57. The molecule has 0 aliphatic rings. The SMILES string of the molecule is CCC(CSC)Nc1ncnc2cc(N)ccc12. The van der Waals surface area contributed by atoms with E-state index in [9.17, 15) is 0 Å². The lowest BCUT2D eigenvalue weighted by molar-refractivity contribution is 0.771. The number of nitrogens with zero attached hydrogens (tertiary/aromatic N) is 2. The molecular formula is C13H18N4S. The zero-order valence-corrected chi connectivity index (χ0v) is 11.5. The van der Waals surface area contributed by atoms with Crippen molar-refractivity contribution in [1.82, 2.24) is 9.97 Å². The van der Waals surface area contributed by atoms with Crippen molar-refractivity contribution in [3.05, 3.63) is 24.5 Å². The Hall–Kier alpha value is -1.49. The molecule has 1 unspecified atom stereocenters. The monoisotopic (exact) mass is 262 g/mol. The van der Waals surface area contributed by atoms with Gasteiger partial charge in [-0.3, -0.25) is 0 Å². The third-order valence-electron chi connectivity index (χ3n) is 2.86. The number of benzene rings is 1. The van der Waals surface area contributed by atoms with E-state index in [4.69, 9.17) is 5.73 Å². The second kappa shape index (κ2) is 5.91. The molecule has 1 atom stereocenters. The average molecular weight is 262 g/mol. The number of rotatable bonds is 5. The van der Waals surface area contributed by atoms with Crippen LogP contribution in [-0.2, 0) is 0 Å². The number of hydrogen-bond donors (Lipinski definition) is 2. The van der Waals surface area contributed by atoms with Crippen molar-refractivity contribution in [2.45, 2.75) is 19.4 Å². The molecule has 96 valence electrons. The van der Waals surface area contributed by atoms with Crippen LogP contribution in [0, 0.1) is 0 Å². The normalized spacial score (nSPS) is 12.6. The van der Waals surface area contributed by atoms with Gasteiger partial charge in [0.15, 0.2) is 0 Å². The number of nitrogen functional groups attached to an aromatic ring is 1. The van der Waals surface area contributed by atoms with E-state index < -0.39 is 0 Å². The van der Waals surface area contributed by atoms with Crippen LogP contribution in [0.2, 0.25) is 0 Å². The van der Waals surface area contributed by atoms with Gasteiger partial charge in [-0.05, 0) is 30.9 Å². The number of aromatic nitrogens is 2. The highest BCUT2D eigenvalue weighted by Gasteiger charge is 2.09. The van der Waals surface area contributed by atoms with Gasteiger partial charge >= 0.3 is 0 Å². The molecule has 1 aromatic heterocycles. The molecule has 0 saturated carbocycles. The van der Waals surface area contributed by atoms with Gasteiger partial charge < -0.3 is 11.1 Å². The van der Waals surface area contributed by atoms with Gasteiger partial charge in [0.05, 0.1) is 5.52 Å². The van der Waals surface area contributed by atoms with Crippen LogP contribution < -0.4 is 11.1 Å². The quantitative estimate of drug-likeness (QED) is 0.811. The second-order valence-corrected chi connectivity index (χ2v) is 5.11. The first-order valence-electron chi connectivity index (χ1n) is 6.00. The fourth-order valence-electron chi connectivity index (χ4n) is 1.85. The van der Waals surface area contributed by atoms with E-state index in [1.165, 1.54) is 0 Å². The van der Waals surface area contributed by atoms with Gasteiger partial charge in [0.2, 0.25) is 0 Å². The molecule has 0 bridgehead atoms. The number of hydrogen-bond acceptors (Lipinski definition) is 5. The summed E-state index contributed by atoms with van der Waals surface area (Å²) in [7, 11) is 0. The van der Waals surface area contributed by atoms with E-state index >= 15 is 0 Å². The van der Waals surface area contributed by atoms with E-state index in [1.54, 1.807) is 6.33 Å². The molecule has 0 radical (unpaired) electrons. The van der Waals surface area contributed by atoms with Gasteiger partial charge in [-0.15, -0.1) is 0 Å². The van der Waals surface area contributed by atoms with E-state index in [0.717, 1.165) is 34.6 Å². The minimum atomic E-state index is 0.427. The number of thioether (sulfide) groups is 1. The third-order valence-corrected chi connectivity index (χ3v) is 3.60. The van der Waals surface area contributed by atoms with Gasteiger partial charge in [0.1, 0.15) is 12.1 Å². The maximum absolute atomic E-state index is 5.76. The molecule has 0 spiro atoms. The molecule has 18 heavy (non-hydrogen) atoms. The Bertz CT molecular complexity index is 529. The lowest BCUT2D eigenvalue weighted by Gasteiger charge is -2.17. The van der Waals surface area contributed by atoms with Crippen molar-refractivity contribution in [3.63, 3.8) is 0 Å². The molecular weight excluding hydrogens is 244 g/mol. The molecule has 2 rings (SSSR count). The summed E-state index contributed by atoms with van der Waals surface area (Å²) >= 11 is 1.84. The van der Waals surface area contributed by atoms with E-state index in [0.29, 0.717) is 6.04 Å². The Balaban J connectivity index is 2.32. The summed E-state index contributed by atoms with van der Waals surface area (Å²) < 4.78 is 0. The van der Waals surface area contributed by atoms with Gasteiger partial charge in [0, 0.05) is 22.9 Å². The van der Waals surface area contributed by atoms with Crippen molar-refractivity contribution < 1.29 is 0 Å². The first kappa shape index (κ1) is 13.0. The minimum absolute atomic E-state index is 0.427. The smallest absolute Gasteiger partial charge is 0.137 e. The zero-order valence-electron chi connectivity index (χ0n) is 10.7. The summed E-state index contributed by atoms with van der Waals surface area (Å²) in [4.78, 5) is 8.58. The van der Waals surface area contributed by atoms with E-state index in [2.05, 4.69) is 28.5 Å². The van der Waals surface area contributed by atoms with Gasteiger partial charge in [-0.2, -0.15) is 11.8 Å². The molecule has 0 fully saturated rings. The highest BCUT2D eigenvalue weighted by Crippen LogP contribution is 2.22. The Labute approximate surface area is 111 Å². The van der Waals surface area contributed by atoms with Crippen molar-refractivity contribution in [2.24, 2.45) is 0 Å². The first-order chi connectivity index (χ1) is 8.74. The van der Waals surface area contributed by atoms with Crippen LogP contribution in [0.15, 0.2) is 24.5 Å². The molecule has 0 aliphatic heterocycles. The maximum Gasteiger partial charge on any atom is 0.137 e. The van der Waals surface area contributed by atoms with Crippen LogP contribution in [0.3, 0.4) is 0 Å². The van der Waals surface area contributed by atoms with Crippen molar-refractivity contribution in [2.75, 3.05) is 23.1 Å². The van der Waals surface area contributed by atoms with Crippen molar-refractivity contribution >= 4 is 34.2 Å². The summed E-state index contributed by atoms with van der Waals surface area (Å²) in [5, 5.41) is 4.50. The maximum atomic E-state index is 5.76. The number of nitrogens with one attached hydrogen (secondary N) is 1. The van der Waals surface area contributed by atoms with Crippen LogP contribution in [0.25, 0.3) is 10.9 Å². The molecule has 0 amide bonds. The molecule has 0 aliphatic carbocycles. The van der Waals surface area contributed by atoms with E-state index in [1.807, 2.05) is 30.0 Å². The van der Waals surface area contributed by atoms with Gasteiger partial charge in [-0.25, -0.2) is 9.97 Å². The first-order valence-corrected chi connectivity index (χ1v) is 7.39. The standard InChI is InChI=1S/C13H18N4S/c1-3-10(7-18-2)17-13-11-5-4-9(14)6-12(11)15-8-16-13/h4-6,8,10H,3,7,14H2,1-2H3,(H,15,16,17). The zero-order chi connectivity index (χ0) is 13.0. The van der Waals surface area contributed by atoms with Crippen LogP contribution in [-0.4, -0.2) is 28.0 Å². The molecule has 1 aromatic carbocycles. The summed E-state index contributed by atoms with van der Waals surface area (Å²) in [6, 6.07) is 6.15. The van der Waals surface area contributed by atoms with Crippen LogP contribution >= 0.6 is 11.8 Å². The highest BCUT2D eigenvalue weighted by atomic mass is 32.2. The third kappa shape index (κ3) is 2.85. The predicted octanol–water partition coefficient (Wildman–Crippen LogP) is 2.77. The van der Waals surface area contributed by atoms with E-state index in [-0.39, 0.29) is 0 Å². The largest absolute Gasteiger partial charge is 0.399 e. The summed E-state index contributed by atoms with van der Waals surface area (Å²) in [5.74, 6) is 1.96. The molecule has 2 aromatic rings. The fraction of sp³-hybridized carbons (Fsp3) is 0.385. The topological polar surface area (TPSA) is 63.8 Å². The second-order valence-electron chi connectivity index (χ2n) is 4.20. The number of nitrogens with two attached hydrogens (primary N) is 1. The van der Waals surface area contributed by atoms with Crippen molar-refractivity contribution in [1.29, 1.82) is 0 Å². The highest BCUT2D eigenvalue weighted by molar-refractivity contribution is 7.98. The Morgan fingerprint density at radius 1 is 1.39 bits per heavy atom. The summed E-state index contributed by atoms with van der Waals surface area (Å²) in [6.07, 6.45) is 4.76. The summed E-state index contributed by atoms with van der Waals surface area (Å²) in [5.41, 5.74) is 7.37. The van der Waals surface area contributed by atoms with Crippen molar-refractivity contribution in [3.8, 4) is 0 Å². The lowest BCUT2D eigenvalue weighted by atomic mass is 10.2. The Morgan fingerprint density at radius 3 is 2.94 bits per heavy atom. The predicted molar refractivity (Wildman–Crippen MR) is 80.0 cm³/mol. The minimum Gasteiger partial charge on any atom is -0.399 e. The Kier molecular flexibility index (Phi) is 4.25. The molecule has 4 nitrogen and oxygen atoms in total. The molecule has 0 saturated heterocycles. The summed E-state index contributed by atoms with van der Waals surface area (Å²) in [6.45, 7) is 2.18. The molecule has 1 heterocycles. The number of fused-ring (bicyclic) bond motifs is 1. The van der Waals surface area contributed by atoms with Crippen LogP contribution in [0.1, 0.15) is 13.3 Å². The lowest BCUT2D eigenvalue weighted by Crippen LogP contribution is -2.22.